The number of likely N-dealkylation sites (tertiary alicyclic amines) is 1. The molecular formula is C18H27ClN3O3S+. The van der Waals surface area contributed by atoms with Crippen LogP contribution in [-0.4, -0.2) is 69.3 Å². The molecule has 0 bridgehead atoms. The first-order valence-corrected chi connectivity index (χ1v) is 11.0. The van der Waals surface area contributed by atoms with Crippen LogP contribution in [-0.2, 0) is 14.8 Å². The molecule has 2 saturated heterocycles. The first-order valence-electron chi connectivity index (χ1n) is 9.23. The Bertz CT molecular complexity index is 731. The molecule has 1 aromatic carbocycles. The number of nitrogens with one attached hydrogen (secondary N) is 1. The molecule has 2 aliphatic rings. The van der Waals surface area contributed by atoms with Crippen molar-refractivity contribution in [2.45, 2.75) is 24.7 Å². The number of rotatable bonds is 4. The second-order valence-electron chi connectivity index (χ2n) is 7.37. The third-order valence-corrected chi connectivity index (χ3v) is 7.46. The van der Waals surface area contributed by atoms with Gasteiger partial charge in [-0.05, 0) is 43.0 Å². The zero-order valence-corrected chi connectivity index (χ0v) is 16.7. The summed E-state index contributed by atoms with van der Waals surface area (Å²) in [6.45, 7) is 6.53. The fourth-order valence-electron chi connectivity index (χ4n) is 3.72. The van der Waals surface area contributed by atoms with Crippen LogP contribution in [0, 0.1) is 5.92 Å². The van der Waals surface area contributed by atoms with Crippen molar-refractivity contribution in [2.75, 3.05) is 45.8 Å². The largest absolute Gasteiger partial charge is 0.338 e. The topological polar surface area (TPSA) is 62.1 Å². The lowest BCUT2D eigenvalue weighted by molar-refractivity contribution is -0.896. The summed E-state index contributed by atoms with van der Waals surface area (Å²) in [5.41, 5.74) is 0. The molecule has 0 aromatic heterocycles. The third kappa shape index (κ3) is 4.57. The van der Waals surface area contributed by atoms with E-state index in [9.17, 15) is 13.2 Å². The van der Waals surface area contributed by atoms with E-state index >= 15 is 0 Å². The molecule has 6 nitrogen and oxygen atoms in total. The second kappa shape index (κ2) is 8.25. The van der Waals surface area contributed by atoms with Gasteiger partial charge in [0.05, 0.1) is 31.1 Å². The van der Waals surface area contributed by atoms with E-state index in [0.717, 1.165) is 24.4 Å². The summed E-state index contributed by atoms with van der Waals surface area (Å²) in [5.74, 6) is 0.768. The zero-order valence-electron chi connectivity index (χ0n) is 15.2. The molecule has 1 amide bonds. The predicted molar refractivity (Wildman–Crippen MR) is 101 cm³/mol. The highest BCUT2D eigenvalue weighted by Crippen LogP contribution is 2.18. The Morgan fingerprint density at radius 2 is 1.85 bits per heavy atom. The van der Waals surface area contributed by atoms with Gasteiger partial charge in [0.1, 0.15) is 0 Å². The van der Waals surface area contributed by atoms with E-state index in [1.807, 2.05) is 4.90 Å². The molecule has 8 heteroatoms. The van der Waals surface area contributed by atoms with E-state index in [0.29, 0.717) is 43.7 Å². The first-order chi connectivity index (χ1) is 12.4. The molecule has 1 N–H and O–H groups in total. The fraction of sp³-hybridized carbons (Fsp3) is 0.611. The number of hydrogen-bond acceptors (Lipinski definition) is 3. The molecule has 2 aliphatic heterocycles. The zero-order chi connectivity index (χ0) is 18.7. The highest BCUT2D eigenvalue weighted by Gasteiger charge is 2.32. The summed E-state index contributed by atoms with van der Waals surface area (Å²) in [6.07, 6.45) is 2.27. The molecule has 0 radical (unpaired) electrons. The fourth-order valence-corrected chi connectivity index (χ4v) is 5.28. The molecule has 0 aliphatic carbocycles. The summed E-state index contributed by atoms with van der Waals surface area (Å²) >= 11 is 5.84. The molecule has 1 aromatic rings. The Morgan fingerprint density at radius 3 is 2.46 bits per heavy atom. The maximum Gasteiger partial charge on any atom is 0.277 e. The third-order valence-electron chi connectivity index (χ3n) is 5.29. The maximum absolute atomic E-state index is 12.7. The highest BCUT2D eigenvalue weighted by molar-refractivity contribution is 7.89. The summed E-state index contributed by atoms with van der Waals surface area (Å²) < 4.78 is 26.9. The molecule has 0 spiro atoms. The van der Waals surface area contributed by atoms with Crippen LogP contribution in [0.1, 0.15) is 19.8 Å². The standard InChI is InChI=1S/C18H26ClN3O3S/c1-15-3-2-8-21(13-15)18(23)14-20-9-11-22(12-10-20)26(24,25)17-6-4-16(19)5-7-17/h4-7,15H,2-3,8-14H2,1H3/p+1/t15-/m1/s1. The Balaban J connectivity index is 1.54. The number of nitrogens with zero attached hydrogens (tertiary/aromatic N) is 2. The van der Waals surface area contributed by atoms with Crippen LogP contribution in [0.3, 0.4) is 0 Å². The van der Waals surface area contributed by atoms with Crippen molar-refractivity contribution in [3.8, 4) is 0 Å². The number of hydrogen-bond donors (Lipinski definition) is 1. The van der Waals surface area contributed by atoms with Gasteiger partial charge in [0, 0.05) is 18.1 Å². The molecule has 0 saturated carbocycles. The van der Waals surface area contributed by atoms with E-state index < -0.39 is 10.0 Å². The van der Waals surface area contributed by atoms with Gasteiger partial charge < -0.3 is 9.80 Å². The Kier molecular flexibility index (Phi) is 6.22. The van der Waals surface area contributed by atoms with Gasteiger partial charge >= 0.3 is 0 Å². The Morgan fingerprint density at radius 1 is 1.19 bits per heavy atom. The van der Waals surface area contributed by atoms with Gasteiger partial charge in [0.2, 0.25) is 10.0 Å². The van der Waals surface area contributed by atoms with Crippen LogP contribution >= 0.6 is 11.6 Å². The summed E-state index contributed by atoms with van der Waals surface area (Å²) in [5, 5.41) is 0.517. The van der Waals surface area contributed by atoms with Gasteiger partial charge in [-0.3, -0.25) is 4.79 Å². The van der Waals surface area contributed by atoms with Crippen LogP contribution in [0.5, 0.6) is 0 Å². The molecule has 26 heavy (non-hydrogen) atoms. The number of piperazine rings is 1. The van der Waals surface area contributed by atoms with Gasteiger partial charge in [0.25, 0.3) is 5.91 Å². The Hall–Kier alpha value is -1.15. The number of piperidine rings is 1. The summed E-state index contributed by atoms with van der Waals surface area (Å²) in [7, 11) is -3.49. The van der Waals surface area contributed by atoms with Crippen molar-refractivity contribution < 1.29 is 18.1 Å². The molecule has 3 rings (SSSR count). The van der Waals surface area contributed by atoms with E-state index in [1.54, 1.807) is 12.1 Å². The molecule has 2 fully saturated rings. The quantitative estimate of drug-likeness (QED) is 0.800. The van der Waals surface area contributed by atoms with Crippen molar-refractivity contribution >= 4 is 27.5 Å². The Labute approximate surface area is 160 Å². The number of carbonyl (C=O) groups excluding carboxylic acids is 1. The van der Waals surface area contributed by atoms with E-state index in [2.05, 4.69) is 6.92 Å². The smallest absolute Gasteiger partial charge is 0.277 e. The van der Waals surface area contributed by atoms with Crippen LogP contribution in [0.25, 0.3) is 0 Å². The van der Waals surface area contributed by atoms with Crippen LogP contribution in [0.4, 0.5) is 0 Å². The number of sulfonamides is 1. The van der Waals surface area contributed by atoms with Crippen molar-refractivity contribution in [1.82, 2.24) is 9.21 Å². The second-order valence-corrected chi connectivity index (χ2v) is 9.75. The molecule has 2 heterocycles. The van der Waals surface area contributed by atoms with Gasteiger partial charge in [-0.15, -0.1) is 0 Å². The van der Waals surface area contributed by atoms with Crippen LogP contribution < -0.4 is 4.90 Å². The van der Waals surface area contributed by atoms with Gasteiger partial charge in [-0.25, -0.2) is 8.42 Å². The molecule has 1 atom stereocenters. The van der Waals surface area contributed by atoms with Gasteiger partial charge in [-0.1, -0.05) is 18.5 Å². The van der Waals surface area contributed by atoms with Crippen molar-refractivity contribution in [1.29, 1.82) is 0 Å². The van der Waals surface area contributed by atoms with Crippen molar-refractivity contribution in [3.05, 3.63) is 29.3 Å². The molecular weight excluding hydrogens is 374 g/mol. The average molecular weight is 401 g/mol. The number of halogens is 1. The van der Waals surface area contributed by atoms with Crippen LogP contribution in [0.2, 0.25) is 5.02 Å². The number of quaternary nitrogens is 1. The van der Waals surface area contributed by atoms with Crippen molar-refractivity contribution in [3.63, 3.8) is 0 Å². The number of benzene rings is 1. The minimum Gasteiger partial charge on any atom is -0.338 e. The van der Waals surface area contributed by atoms with Crippen molar-refractivity contribution in [2.24, 2.45) is 5.92 Å². The lowest BCUT2D eigenvalue weighted by atomic mass is 10.0. The molecule has 0 unspecified atom stereocenters. The number of amides is 1. The summed E-state index contributed by atoms with van der Waals surface area (Å²) in [4.78, 5) is 15.9. The lowest BCUT2D eigenvalue weighted by Gasteiger charge is -2.34. The average Bonchev–Trinajstić information content (AvgIpc) is 2.62. The monoisotopic (exact) mass is 400 g/mol. The minimum atomic E-state index is -3.49. The maximum atomic E-state index is 12.7. The molecule has 144 valence electrons. The van der Waals surface area contributed by atoms with Gasteiger partial charge in [-0.2, -0.15) is 4.31 Å². The van der Waals surface area contributed by atoms with Crippen LogP contribution in [0.15, 0.2) is 29.2 Å². The SMILES string of the molecule is C[C@@H]1CCCN(C(=O)C[NH+]2CCN(S(=O)(=O)c3ccc(Cl)cc3)CC2)C1. The summed E-state index contributed by atoms with van der Waals surface area (Å²) in [6, 6.07) is 6.26. The minimum absolute atomic E-state index is 0.195. The first kappa shape index (κ1) is 19.6. The van der Waals surface area contributed by atoms with Gasteiger partial charge in [0.15, 0.2) is 6.54 Å². The van der Waals surface area contributed by atoms with E-state index in [-0.39, 0.29) is 10.8 Å². The lowest BCUT2D eigenvalue weighted by Crippen LogP contribution is -3.15. The number of carbonyl (C=O) groups is 1. The highest BCUT2D eigenvalue weighted by atomic mass is 35.5. The normalized spacial score (nSPS) is 23.2. The predicted octanol–water partition coefficient (Wildman–Crippen LogP) is 0.488. The van der Waals surface area contributed by atoms with E-state index in [4.69, 9.17) is 11.6 Å². The van der Waals surface area contributed by atoms with E-state index in [1.165, 1.54) is 22.9 Å².